The molecule has 0 spiro atoms. The first-order valence-corrected chi connectivity index (χ1v) is 6.51. The second kappa shape index (κ2) is 4.90. The SMILES string of the molecule is CC(=O)[C@@H]1C[C@H](CNC(=O)OC(C)(C)C)C1(C)C. The van der Waals surface area contributed by atoms with Crippen molar-refractivity contribution in [2.75, 3.05) is 6.54 Å². The highest BCUT2D eigenvalue weighted by atomic mass is 16.6. The number of Topliss-reactive ketones (excluding diaryl/α,β-unsaturated/α-hetero) is 1. The molecule has 4 nitrogen and oxygen atoms in total. The molecule has 104 valence electrons. The van der Waals surface area contributed by atoms with Gasteiger partial charge in [0.1, 0.15) is 11.4 Å². The standard InChI is InChI=1S/C14H25NO3/c1-9(16)11-7-10(14(11,5)6)8-15-12(17)18-13(2,3)4/h10-11H,7-8H2,1-6H3,(H,15,17)/t10-,11+/m1/s1. The maximum absolute atomic E-state index is 11.5. The summed E-state index contributed by atoms with van der Waals surface area (Å²) in [5.74, 6) is 0.718. The Morgan fingerprint density at radius 3 is 2.28 bits per heavy atom. The van der Waals surface area contributed by atoms with Gasteiger partial charge in [0.25, 0.3) is 0 Å². The number of amides is 1. The lowest BCUT2D eigenvalue weighted by molar-refractivity contribution is -0.135. The number of ketones is 1. The summed E-state index contributed by atoms with van der Waals surface area (Å²) < 4.78 is 5.18. The molecule has 0 unspecified atom stereocenters. The van der Waals surface area contributed by atoms with Crippen LogP contribution in [-0.2, 0) is 9.53 Å². The normalized spacial score (nSPS) is 26.1. The first kappa shape index (κ1) is 15.0. The molecule has 0 aromatic heterocycles. The van der Waals surface area contributed by atoms with E-state index in [1.54, 1.807) is 6.92 Å². The highest BCUT2D eigenvalue weighted by molar-refractivity contribution is 5.80. The summed E-state index contributed by atoms with van der Waals surface area (Å²) >= 11 is 0. The minimum atomic E-state index is -0.471. The van der Waals surface area contributed by atoms with Crippen LogP contribution in [0.25, 0.3) is 0 Å². The van der Waals surface area contributed by atoms with E-state index in [2.05, 4.69) is 19.2 Å². The Morgan fingerprint density at radius 1 is 1.33 bits per heavy atom. The summed E-state index contributed by atoms with van der Waals surface area (Å²) in [6, 6.07) is 0. The Balaban J connectivity index is 2.39. The summed E-state index contributed by atoms with van der Waals surface area (Å²) in [4.78, 5) is 22.9. The Hall–Kier alpha value is -1.06. The van der Waals surface area contributed by atoms with Crippen LogP contribution in [0.3, 0.4) is 0 Å². The van der Waals surface area contributed by atoms with Crippen LogP contribution >= 0.6 is 0 Å². The third-order valence-corrected chi connectivity index (χ3v) is 3.85. The number of rotatable bonds is 3. The molecular formula is C14H25NO3. The van der Waals surface area contributed by atoms with Crippen LogP contribution in [0.2, 0.25) is 0 Å². The highest BCUT2D eigenvalue weighted by Gasteiger charge is 2.49. The predicted octanol–water partition coefficient (Wildman–Crippen LogP) is 2.76. The average Bonchev–Trinajstić information content (AvgIpc) is 2.12. The van der Waals surface area contributed by atoms with Gasteiger partial charge in [-0.25, -0.2) is 4.79 Å². The van der Waals surface area contributed by atoms with E-state index >= 15 is 0 Å². The van der Waals surface area contributed by atoms with Crippen LogP contribution < -0.4 is 5.32 Å². The predicted molar refractivity (Wildman–Crippen MR) is 70.3 cm³/mol. The summed E-state index contributed by atoms with van der Waals surface area (Å²) in [5, 5.41) is 2.78. The molecule has 0 aliphatic heterocycles. The lowest BCUT2D eigenvalue weighted by Crippen LogP contribution is -2.52. The lowest BCUT2D eigenvalue weighted by atomic mass is 9.53. The molecule has 1 aliphatic carbocycles. The van der Waals surface area contributed by atoms with E-state index in [0.717, 1.165) is 6.42 Å². The van der Waals surface area contributed by atoms with Crippen molar-refractivity contribution >= 4 is 11.9 Å². The van der Waals surface area contributed by atoms with Crippen LogP contribution in [0.4, 0.5) is 4.79 Å². The molecule has 0 radical (unpaired) electrons. The van der Waals surface area contributed by atoms with E-state index in [-0.39, 0.29) is 23.2 Å². The molecule has 0 heterocycles. The van der Waals surface area contributed by atoms with Crippen molar-refractivity contribution in [3.63, 3.8) is 0 Å². The number of alkyl carbamates (subject to hydrolysis) is 1. The minimum absolute atomic E-state index is 0.0269. The van der Waals surface area contributed by atoms with Crippen molar-refractivity contribution in [2.45, 2.75) is 53.6 Å². The lowest BCUT2D eigenvalue weighted by Gasteiger charge is -2.51. The number of carbonyl (C=O) groups is 2. The first-order chi connectivity index (χ1) is 8.04. The van der Waals surface area contributed by atoms with E-state index in [4.69, 9.17) is 4.74 Å². The number of hydrogen-bond acceptors (Lipinski definition) is 3. The monoisotopic (exact) mass is 255 g/mol. The van der Waals surface area contributed by atoms with Crippen molar-refractivity contribution < 1.29 is 14.3 Å². The molecule has 0 aromatic rings. The van der Waals surface area contributed by atoms with Gasteiger partial charge >= 0.3 is 6.09 Å². The van der Waals surface area contributed by atoms with Gasteiger partial charge < -0.3 is 10.1 Å². The van der Waals surface area contributed by atoms with Gasteiger partial charge in [-0.1, -0.05) is 13.8 Å². The van der Waals surface area contributed by atoms with E-state index in [9.17, 15) is 9.59 Å². The van der Waals surface area contributed by atoms with Crippen molar-refractivity contribution in [3.05, 3.63) is 0 Å². The molecule has 1 fully saturated rings. The van der Waals surface area contributed by atoms with Crippen molar-refractivity contribution in [1.82, 2.24) is 5.32 Å². The maximum atomic E-state index is 11.5. The minimum Gasteiger partial charge on any atom is -0.444 e. The van der Waals surface area contributed by atoms with Gasteiger partial charge in [-0.05, 0) is 45.4 Å². The fraction of sp³-hybridized carbons (Fsp3) is 0.857. The second-order valence-corrected chi connectivity index (χ2v) is 6.80. The second-order valence-electron chi connectivity index (χ2n) is 6.80. The van der Waals surface area contributed by atoms with Gasteiger partial charge in [-0.2, -0.15) is 0 Å². The molecule has 0 aromatic carbocycles. The molecule has 1 rings (SSSR count). The third-order valence-electron chi connectivity index (χ3n) is 3.85. The van der Waals surface area contributed by atoms with Gasteiger partial charge in [-0.3, -0.25) is 4.79 Å². The highest BCUT2D eigenvalue weighted by Crippen LogP contribution is 2.51. The number of hydrogen-bond donors (Lipinski definition) is 1. The topological polar surface area (TPSA) is 55.4 Å². The molecular weight excluding hydrogens is 230 g/mol. The Labute approximate surface area is 109 Å². The summed E-state index contributed by atoms with van der Waals surface area (Å²) in [6.07, 6.45) is 0.475. The van der Waals surface area contributed by atoms with Crippen LogP contribution in [0.5, 0.6) is 0 Å². The number of carbonyl (C=O) groups excluding carboxylic acids is 2. The molecule has 2 atom stereocenters. The Bertz CT molecular complexity index is 341. The molecule has 1 amide bonds. The fourth-order valence-electron chi connectivity index (χ4n) is 2.57. The van der Waals surface area contributed by atoms with Crippen LogP contribution in [0, 0.1) is 17.3 Å². The summed E-state index contributed by atoms with van der Waals surface area (Å²) in [5.41, 5.74) is -0.498. The van der Waals surface area contributed by atoms with Gasteiger partial charge in [0.05, 0.1) is 0 Å². The van der Waals surface area contributed by atoms with E-state index in [1.165, 1.54) is 0 Å². The van der Waals surface area contributed by atoms with E-state index in [1.807, 2.05) is 20.8 Å². The molecule has 1 N–H and O–H groups in total. The first-order valence-electron chi connectivity index (χ1n) is 6.51. The quantitative estimate of drug-likeness (QED) is 0.843. The fourth-order valence-corrected chi connectivity index (χ4v) is 2.57. The number of ether oxygens (including phenoxy) is 1. The largest absolute Gasteiger partial charge is 0.444 e. The molecule has 1 aliphatic rings. The molecule has 18 heavy (non-hydrogen) atoms. The zero-order valence-corrected chi connectivity index (χ0v) is 12.3. The Kier molecular flexibility index (Phi) is 4.08. The maximum Gasteiger partial charge on any atom is 0.407 e. The van der Waals surface area contributed by atoms with Crippen molar-refractivity contribution in [3.8, 4) is 0 Å². The average molecular weight is 255 g/mol. The van der Waals surface area contributed by atoms with Gasteiger partial charge in [0.15, 0.2) is 0 Å². The Morgan fingerprint density at radius 2 is 1.89 bits per heavy atom. The molecule has 1 saturated carbocycles. The van der Waals surface area contributed by atoms with Gasteiger partial charge in [0.2, 0.25) is 0 Å². The zero-order chi connectivity index (χ0) is 14.1. The molecule has 0 saturated heterocycles. The van der Waals surface area contributed by atoms with E-state index in [0.29, 0.717) is 12.5 Å². The summed E-state index contributed by atoms with van der Waals surface area (Å²) in [7, 11) is 0. The van der Waals surface area contributed by atoms with Crippen LogP contribution in [0.1, 0.15) is 48.0 Å². The van der Waals surface area contributed by atoms with Gasteiger partial charge in [0, 0.05) is 12.5 Å². The van der Waals surface area contributed by atoms with Crippen molar-refractivity contribution in [1.29, 1.82) is 0 Å². The van der Waals surface area contributed by atoms with Crippen LogP contribution in [0.15, 0.2) is 0 Å². The smallest absolute Gasteiger partial charge is 0.407 e. The number of nitrogens with one attached hydrogen (secondary N) is 1. The zero-order valence-electron chi connectivity index (χ0n) is 12.3. The van der Waals surface area contributed by atoms with Crippen molar-refractivity contribution in [2.24, 2.45) is 17.3 Å². The summed E-state index contributed by atoms with van der Waals surface area (Å²) in [6.45, 7) is 11.9. The molecule has 0 bridgehead atoms. The van der Waals surface area contributed by atoms with E-state index < -0.39 is 5.60 Å². The van der Waals surface area contributed by atoms with Crippen LogP contribution in [-0.4, -0.2) is 24.0 Å². The molecule has 4 heteroatoms. The third kappa shape index (κ3) is 3.47. The van der Waals surface area contributed by atoms with Gasteiger partial charge in [-0.15, -0.1) is 0 Å².